The smallest absolute Gasteiger partial charge is 0.131 e. The average molecular weight is 265 g/mol. The standard InChI is InChI=1S/C13H17ClN4/c1-9(11-4-6-15-7-5-11)16-8-12-10(2)17-18(3)13(12)14/h4-7,9,16H,8H2,1-3H3. The molecule has 0 aliphatic carbocycles. The molecule has 96 valence electrons. The number of halogens is 1. The minimum atomic E-state index is 0.253. The van der Waals surface area contributed by atoms with E-state index in [9.17, 15) is 0 Å². The molecule has 0 aromatic carbocycles. The normalized spacial score (nSPS) is 12.7. The molecule has 2 heterocycles. The first-order chi connectivity index (χ1) is 8.59. The molecule has 0 spiro atoms. The van der Waals surface area contributed by atoms with Gasteiger partial charge < -0.3 is 5.32 Å². The lowest BCUT2D eigenvalue weighted by atomic mass is 10.1. The molecule has 0 saturated heterocycles. The van der Waals surface area contributed by atoms with Gasteiger partial charge in [-0.2, -0.15) is 5.10 Å². The van der Waals surface area contributed by atoms with E-state index in [0.717, 1.165) is 11.3 Å². The van der Waals surface area contributed by atoms with Crippen LogP contribution in [0.2, 0.25) is 5.15 Å². The molecule has 18 heavy (non-hydrogen) atoms. The zero-order valence-corrected chi connectivity index (χ0v) is 11.6. The van der Waals surface area contributed by atoms with E-state index in [1.807, 2.05) is 26.1 Å². The molecular formula is C13H17ClN4. The summed E-state index contributed by atoms with van der Waals surface area (Å²) in [5.74, 6) is 0. The highest BCUT2D eigenvalue weighted by molar-refractivity contribution is 6.30. The van der Waals surface area contributed by atoms with Gasteiger partial charge in [-0.3, -0.25) is 9.67 Å². The van der Waals surface area contributed by atoms with Gasteiger partial charge in [-0.05, 0) is 31.5 Å². The van der Waals surface area contributed by atoms with Crippen molar-refractivity contribution in [2.24, 2.45) is 7.05 Å². The number of aromatic nitrogens is 3. The van der Waals surface area contributed by atoms with E-state index in [1.165, 1.54) is 5.56 Å². The number of hydrogen-bond acceptors (Lipinski definition) is 3. The molecule has 5 heteroatoms. The van der Waals surface area contributed by atoms with Crippen molar-refractivity contribution < 1.29 is 0 Å². The van der Waals surface area contributed by atoms with E-state index < -0.39 is 0 Å². The van der Waals surface area contributed by atoms with E-state index in [2.05, 4.69) is 22.3 Å². The number of aryl methyl sites for hydroxylation is 2. The molecule has 1 atom stereocenters. The van der Waals surface area contributed by atoms with Crippen LogP contribution in [0.1, 0.15) is 29.8 Å². The fraction of sp³-hybridized carbons (Fsp3) is 0.385. The summed E-state index contributed by atoms with van der Waals surface area (Å²) >= 11 is 6.19. The van der Waals surface area contributed by atoms with Crippen molar-refractivity contribution >= 4 is 11.6 Å². The molecule has 0 aliphatic rings. The van der Waals surface area contributed by atoms with Gasteiger partial charge in [-0.15, -0.1) is 0 Å². The van der Waals surface area contributed by atoms with Crippen LogP contribution in [0.5, 0.6) is 0 Å². The molecule has 2 aromatic rings. The van der Waals surface area contributed by atoms with Crippen molar-refractivity contribution in [1.82, 2.24) is 20.1 Å². The first-order valence-corrected chi connectivity index (χ1v) is 6.28. The van der Waals surface area contributed by atoms with E-state index in [-0.39, 0.29) is 6.04 Å². The largest absolute Gasteiger partial charge is 0.306 e. The minimum Gasteiger partial charge on any atom is -0.306 e. The molecule has 0 aliphatic heterocycles. The van der Waals surface area contributed by atoms with Crippen molar-refractivity contribution in [3.05, 3.63) is 46.5 Å². The van der Waals surface area contributed by atoms with Crippen LogP contribution in [0.3, 0.4) is 0 Å². The highest BCUT2D eigenvalue weighted by atomic mass is 35.5. The van der Waals surface area contributed by atoms with Gasteiger partial charge in [0.05, 0.1) is 5.69 Å². The van der Waals surface area contributed by atoms with Gasteiger partial charge >= 0.3 is 0 Å². The zero-order valence-electron chi connectivity index (χ0n) is 10.8. The maximum atomic E-state index is 6.19. The Kier molecular flexibility index (Phi) is 3.99. The lowest BCUT2D eigenvalue weighted by Gasteiger charge is -2.13. The zero-order chi connectivity index (χ0) is 13.1. The molecule has 1 N–H and O–H groups in total. The topological polar surface area (TPSA) is 42.7 Å². The monoisotopic (exact) mass is 264 g/mol. The van der Waals surface area contributed by atoms with E-state index >= 15 is 0 Å². The lowest BCUT2D eigenvalue weighted by molar-refractivity contribution is 0.573. The molecule has 4 nitrogen and oxygen atoms in total. The van der Waals surface area contributed by atoms with Gasteiger partial charge in [0.15, 0.2) is 0 Å². The summed E-state index contributed by atoms with van der Waals surface area (Å²) in [5.41, 5.74) is 3.24. The predicted molar refractivity (Wildman–Crippen MR) is 72.4 cm³/mol. The number of nitrogens with one attached hydrogen (secondary N) is 1. The SMILES string of the molecule is Cc1nn(C)c(Cl)c1CNC(C)c1ccncc1. The summed E-state index contributed by atoms with van der Waals surface area (Å²) in [6.45, 7) is 4.80. The molecular weight excluding hydrogens is 248 g/mol. The molecule has 0 bridgehead atoms. The highest BCUT2D eigenvalue weighted by Gasteiger charge is 2.12. The fourth-order valence-corrected chi connectivity index (χ4v) is 2.14. The van der Waals surface area contributed by atoms with Gasteiger partial charge in [-0.25, -0.2) is 0 Å². The van der Waals surface area contributed by atoms with Crippen molar-refractivity contribution in [2.75, 3.05) is 0 Å². The molecule has 2 aromatic heterocycles. The van der Waals surface area contributed by atoms with Gasteiger partial charge in [0.1, 0.15) is 5.15 Å². The molecule has 0 fully saturated rings. The van der Waals surface area contributed by atoms with Crippen LogP contribution < -0.4 is 5.32 Å². The summed E-state index contributed by atoms with van der Waals surface area (Å²) < 4.78 is 1.70. The molecule has 1 unspecified atom stereocenters. The lowest BCUT2D eigenvalue weighted by Crippen LogP contribution is -2.18. The summed E-state index contributed by atoms with van der Waals surface area (Å²) in [4.78, 5) is 4.02. The van der Waals surface area contributed by atoms with Crippen LogP contribution in [0.25, 0.3) is 0 Å². The Hall–Kier alpha value is -1.39. The van der Waals surface area contributed by atoms with Crippen LogP contribution in [0.15, 0.2) is 24.5 Å². The van der Waals surface area contributed by atoms with Gasteiger partial charge in [-0.1, -0.05) is 11.6 Å². The maximum Gasteiger partial charge on any atom is 0.131 e. The van der Waals surface area contributed by atoms with Crippen molar-refractivity contribution in [2.45, 2.75) is 26.4 Å². The van der Waals surface area contributed by atoms with Gasteiger partial charge in [0.25, 0.3) is 0 Å². The van der Waals surface area contributed by atoms with Crippen LogP contribution in [-0.4, -0.2) is 14.8 Å². The third-order valence-electron chi connectivity index (χ3n) is 3.06. The predicted octanol–water partition coefficient (Wildman–Crippen LogP) is 2.63. The van der Waals surface area contributed by atoms with E-state index in [1.54, 1.807) is 17.1 Å². The third kappa shape index (κ3) is 2.71. The second kappa shape index (κ2) is 5.50. The van der Waals surface area contributed by atoms with Crippen molar-refractivity contribution in [3.8, 4) is 0 Å². The van der Waals surface area contributed by atoms with Crippen LogP contribution >= 0.6 is 11.6 Å². The Morgan fingerprint density at radius 3 is 2.61 bits per heavy atom. The quantitative estimate of drug-likeness (QED) is 0.923. The summed E-state index contributed by atoms with van der Waals surface area (Å²) in [6.07, 6.45) is 3.60. The van der Waals surface area contributed by atoms with Crippen LogP contribution in [0.4, 0.5) is 0 Å². The Bertz CT molecular complexity index is 521. The summed E-state index contributed by atoms with van der Waals surface area (Å²) in [7, 11) is 1.85. The number of rotatable bonds is 4. The van der Waals surface area contributed by atoms with E-state index in [4.69, 9.17) is 11.6 Å². The second-order valence-corrected chi connectivity index (χ2v) is 4.72. The minimum absolute atomic E-state index is 0.253. The summed E-state index contributed by atoms with van der Waals surface area (Å²) in [5, 5.41) is 8.44. The third-order valence-corrected chi connectivity index (χ3v) is 3.53. The average Bonchev–Trinajstić information content (AvgIpc) is 2.62. The Morgan fingerprint density at radius 2 is 2.06 bits per heavy atom. The van der Waals surface area contributed by atoms with E-state index in [0.29, 0.717) is 11.7 Å². The molecule has 2 rings (SSSR count). The fourth-order valence-electron chi connectivity index (χ4n) is 1.90. The van der Waals surface area contributed by atoms with Crippen molar-refractivity contribution in [3.63, 3.8) is 0 Å². The number of nitrogens with zero attached hydrogens (tertiary/aromatic N) is 3. The van der Waals surface area contributed by atoms with Crippen LogP contribution in [-0.2, 0) is 13.6 Å². The number of pyridine rings is 1. The molecule has 0 saturated carbocycles. The van der Waals surface area contributed by atoms with Gasteiger partial charge in [0, 0.05) is 37.6 Å². The first kappa shape index (κ1) is 13.1. The second-order valence-electron chi connectivity index (χ2n) is 4.36. The highest BCUT2D eigenvalue weighted by Crippen LogP contribution is 2.19. The summed E-state index contributed by atoms with van der Waals surface area (Å²) in [6, 6.07) is 4.27. The van der Waals surface area contributed by atoms with Crippen LogP contribution in [0, 0.1) is 6.92 Å². The number of hydrogen-bond donors (Lipinski definition) is 1. The molecule has 0 radical (unpaired) electrons. The Balaban J connectivity index is 2.04. The Morgan fingerprint density at radius 1 is 1.39 bits per heavy atom. The Labute approximate surface area is 112 Å². The van der Waals surface area contributed by atoms with Crippen molar-refractivity contribution in [1.29, 1.82) is 0 Å². The van der Waals surface area contributed by atoms with Gasteiger partial charge in [0.2, 0.25) is 0 Å². The molecule has 0 amide bonds. The maximum absolute atomic E-state index is 6.19. The first-order valence-electron chi connectivity index (χ1n) is 5.91.